The van der Waals surface area contributed by atoms with Crippen LogP contribution >= 0.6 is 0 Å². The molecule has 2 aromatic rings. The number of piperazine rings is 1. The van der Waals surface area contributed by atoms with Gasteiger partial charge in [0.25, 0.3) is 5.91 Å². The fourth-order valence-electron chi connectivity index (χ4n) is 3.93. The number of carbonyl (C=O) groups excluding carboxylic acids is 1. The molecule has 0 aliphatic carbocycles. The largest absolute Gasteiger partial charge is 0.508 e. The molecule has 0 saturated carbocycles. The van der Waals surface area contributed by atoms with Crippen LogP contribution in [0.25, 0.3) is 0 Å². The number of nitrogens with zero attached hydrogens (tertiary/aromatic N) is 1. The Morgan fingerprint density at radius 1 is 1.11 bits per heavy atom. The van der Waals surface area contributed by atoms with Crippen LogP contribution < -0.4 is 15.1 Å². The Morgan fingerprint density at radius 2 is 1.75 bits per heavy atom. The minimum Gasteiger partial charge on any atom is -0.508 e. The Hall–Kier alpha value is -2.53. The lowest BCUT2D eigenvalue weighted by molar-refractivity contribution is -0.914. The van der Waals surface area contributed by atoms with Crippen molar-refractivity contribution in [3.63, 3.8) is 0 Å². The number of carbonyl (C=O) groups is 1. The van der Waals surface area contributed by atoms with Crippen LogP contribution in [0.3, 0.4) is 0 Å². The molecule has 0 radical (unpaired) electrons. The van der Waals surface area contributed by atoms with Crippen molar-refractivity contribution in [1.29, 1.82) is 0 Å². The van der Waals surface area contributed by atoms with Crippen molar-refractivity contribution in [2.45, 2.75) is 38.8 Å². The molecular formula is C23H32N3O2+. The summed E-state index contributed by atoms with van der Waals surface area (Å²) in [4.78, 5) is 16.6. The molecule has 5 nitrogen and oxygen atoms in total. The first-order valence-electron chi connectivity index (χ1n) is 10.3. The smallest absolute Gasteiger partial charge is 0.278 e. The molecular weight excluding hydrogens is 350 g/mol. The molecule has 2 aromatic carbocycles. The van der Waals surface area contributed by atoms with Crippen molar-refractivity contribution >= 4 is 11.6 Å². The highest BCUT2D eigenvalue weighted by Gasteiger charge is 2.30. The number of hydrogen-bond acceptors (Lipinski definition) is 3. The standard InChI is InChI=1S/C23H31N3O2/c1-3-7-22(19-8-5-4-6-9-19)24-23(28)18(2)25-14-16-26(17-15-25)20-10-12-21(27)13-11-20/h4-6,8-13,18,22,27H,3,7,14-17H2,1-2H3,(H,24,28)/p+1/t18-,22-/m1/s1. The van der Waals surface area contributed by atoms with E-state index in [9.17, 15) is 9.90 Å². The molecule has 1 saturated heterocycles. The maximum atomic E-state index is 12.9. The molecule has 1 heterocycles. The van der Waals surface area contributed by atoms with Gasteiger partial charge in [-0.15, -0.1) is 0 Å². The first-order chi connectivity index (χ1) is 13.6. The van der Waals surface area contributed by atoms with E-state index in [0.29, 0.717) is 5.75 Å². The van der Waals surface area contributed by atoms with Crippen LogP contribution in [0.15, 0.2) is 54.6 Å². The van der Waals surface area contributed by atoms with Crippen LogP contribution in [0.4, 0.5) is 5.69 Å². The number of phenolic OH excluding ortho intramolecular Hbond substituents is 1. The van der Waals surface area contributed by atoms with Crippen molar-refractivity contribution in [1.82, 2.24) is 5.32 Å². The zero-order valence-corrected chi connectivity index (χ0v) is 16.9. The van der Waals surface area contributed by atoms with Crippen LogP contribution in [-0.2, 0) is 4.79 Å². The zero-order chi connectivity index (χ0) is 19.9. The van der Waals surface area contributed by atoms with Crippen LogP contribution in [-0.4, -0.2) is 43.2 Å². The summed E-state index contributed by atoms with van der Waals surface area (Å²) >= 11 is 0. The van der Waals surface area contributed by atoms with Gasteiger partial charge in [0.15, 0.2) is 6.04 Å². The third-order valence-electron chi connectivity index (χ3n) is 5.72. The van der Waals surface area contributed by atoms with E-state index in [2.05, 4.69) is 29.3 Å². The molecule has 1 amide bonds. The number of amides is 1. The van der Waals surface area contributed by atoms with Gasteiger partial charge in [0, 0.05) is 5.69 Å². The second-order valence-corrected chi connectivity index (χ2v) is 7.64. The molecule has 0 bridgehead atoms. The first-order valence-corrected chi connectivity index (χ1v) is 10.3. The van der Waals surface area contributed by atoms with Gasteiger partial charge in [0.1, 0.15) is 5.75 Å². The number of phenols is 1. The van der Waals surface area contributed by atoms with Gasteiger partial charge in [-0.2, -0.15) is 0 Å². The third-order valence-corrected chi connectivity index (χ3v) is 5.72. The van der Waals surface area contributed by atoms with Crippen LogP contribution in [0.1, 0.15) is 38.3 Å². The molecule has 0 spiro atoms. The number of aromatic hydroxyl groups is 1. The van der Waals surface area contributed by atoms with Gasteiger partial charge in [-0.25, -0.2) is 0 Å². The molecule has 3 rings (SSSR count). The van der Waals surface area contributed by atoms with E-state index >= 15 is 0 Å². The summed E-state index contributed by atoms with van der Waals surface area (Å²) in [6.07, 6.45) is 1.98. The molecule has 5 heteroatoms. The van der Waals surface area contributed by atoms with E-state index in [1.54, 1.807) is 12.1 Å². The van der Waals surface area contributed by atoms with Crippen LogP contribution in [0, 0.1) is 0 Å². The second kappa shape index (κ2) is 9.60. The van der Waals surface area contributed by atoms with Crippen LogP contribution in [0.5, 0.6) is 5.75 Å². The van der Waals surface area contributed by atoms with Crippen molar-refractivity contribution < 1.29 is 14.8 Å². The van der Waals surface area contributed by atoms with Crippen molar-refractivity contribution in [2.24, 2.45) is 0 Å². The number of quaternary nitrogens is 1. The van der Waals surface area contributed by atoms with E-state index in [0.717, 1.165) is 44.7 Å². The maximum Gasteiger partial charge on any atom is 0.278 e. The van der Waals surface area contributed by atoms with Crippen molar-refractivity contribution in [2.75, 3.05) is 31.1 Å². The molecule has 28 heavy (non-hydrogen) atoms. The van der Waals surface area contributed by atoms with Gasteiger partial charge in [-0.1, -0.05) is 43.7 Å². The Kier molecular flexibility index (Phi) is 6.93. The molecule has 1 aliphatic heterocycles. The Labute approximate surface area is 168 Å². The first kappa shape index (κ1) is 20.2. The summed E-state index contributed by atoms with van der Waals surface area (Å²) in [5.74, 6) is 0.425. The Bertz CT molecular complexity index is 740. The summed E-state index contributed by atoms with van der Waals surface area (Å²) in [5, 5.41) is 12.7. The van der Waals surface area contributed by atoms with E-state index < -0.39 is 0 Å². The summed E-state index contributed by atoms with van der Waals surface area (Å²) in [5.41, 5.74) is 2.30. The summed E-state index contributed by atoms with van der Waals surface area (Å²) in [6, 6.07) is 17.6. The summed E-state index contributed by atoms with van der Waals surface area (Å²) in [6.45, 7) is 7.87. The second-order valence-electron chi connectivity index (χ2n) is 7.64. The van der Waals surface area contributed by atoms with E-state index in [1.807, 2.05) is 37.3 Å². The SMILES string of the molecule is CCC[C@@H](NC(=O)[C@@H](C)[NH+]1CCN(c2ccc(O)cc2)CC1)c1ccccc1. The number of rotatable bonds is 7. The van der Waals surface area contributed by atoms with E-state index in [1.165, 1.54) is 10.5 Å². The van der Waals surface area contributed by atoms with Crippen molar-refractivity contribution in [3.05, 3.63) is 60.2 Å². The predicted octanol–water partition coefficient (Wildman–Crippen LogP) is 2.14. The number of hydrogen-bond donors (Lipinski definition) is 3. The molecule has 150 valence electrons. The molecule has 2 atom stereocenters. The Morgan fingerprint density at radius 3 is 2.36 bits per heavy atom. The number of nitrogens with one attached hydrogen (secondary N) is 2. The Balaban J connectivity index is 1.55. The van der Waals surface area contributed by atoms with Gasteiger partial charge < -0.3 is 20.2 Å². The lowest BCUT2D eigenvalue weighted by Gasteiger charge is -2.36. The molecule has 1 fully saturated rings. The minimum absolute atomic E-state index is 0.0648. The topological polar surface area (TPSA) is 57.0 Å². The summed E-state index contributed by atoms with van der Waals surface area (Å²) in [7, 11) is 0. The average Bonchev–Trinajstić information content (AvgIpc) is 2.74. The highest BCUT2D eigenvalue weighted by atomic mass is 16.3. The quantitative estimate of drug-likeness (QED) is 0.688. The van der Waals surface area contributed by atoms with Gasteiger partial charge in [-0.3, -0.25) is 4.79 Å². The fourth-order valence-corrected chi connectivity index (χ4v) is 3.93. The molecule has 0 aromatic heterocycles. The summed E-state index contributed by atoms with van der Waals surface area (Å²) < 4.78 is 0. The van der Waals surface area contributed by atoms with E-state index in [4.69, 9.17) is 0 Å². The molecule has 0 unspecified atom stereocenters. The van der Waals surface area contributed by atoms with Gasteiger partial charge in [0.05, 0.1) is 32.2 Å². The van der Waals surface area contributed by atoms with Gasteiger partial charge >= 0.3 is 0 Å². The normalized spacial score (nSPS) is 17.1. The highest BCUT2D eigenvalue weighted by molar-refractivity contribution is 5.80. The minimum atomic E-state index is -0.0648. The van der Waals surface area contributed by atoms with Crippen molar-refractivity contribution in [3.8, 4) is 5.75 Å². The predicted molar refractivity (Wildman–Crippen MR) is 113 cm³/mol. The molecule has 1 aliphatic rings. The zero-order valence-electron chi connectivity index (χ0n) is 16.9. The average molecular weight is 383 g/mol. The van der Waals surface area contributed by atoms with Gasteiger partial charge in [-0.05, 0) is 43.2 Å². The molecule has 3 N–H and O–H groups in total. The monoisotopic (exact) mass is 382 g/mol. The highest BCUT2D eigenvalue weighted by Crippen LogP contribution is 2.19. The lowest BCUT2D eigenvalue weighted by Crippen LogP contribution is -3.19. The maximum absolute atomic E-state index is 12.9. The van der Waals surface area contributed by atoms with Gasteiger partial charge in [0.2, 0.25) is 0 Å². The lowest BCUT2D eigenvalue weighted by atomic mass is 10.0. The number of benzene rings is 2. The van der Waals surface area contributed by atoms with E-state index in [-0.39, 0.29) is 18.0 Å². The third kappa shape index (κ3) is 5.04. The fraction of sp³-hybridized carbons (Fsp3) is 0.435. The van der Waals surface area contributed by atoms with Crippen LogP contribution in [0.2, 0.25) is 0 Å². The number of anilines is 1.